The van der Waals surface area contributed by atoms with Crippen LogP contribution in [0.3, 0.4) is 0 Å². The fourth-order valence-corrected chi connectivity index (χ4v) is 2.28. The third-order valence-corrected chi connectivity index (χ3v) is 3.08. The summed E-state index contributed by atoms with van der Waals surface area (Å²) in [7, 11) is 0. The number of carbonyl (C=O) groups is 1. The van der Waals surface area contributed by atoms with Crippen LogP contribution in [0.2, 0.25) is 0 Å². The van der Waals surface area contributed by atoms with Crippen LogP contribution in [0.15, 0.2) is 16.1 Å². The van der Waals surface area contributed by atoms with E-state index in [1.165, 1.54) is 11.3 Å². The number of hydrogen-bond donors (Lipinski definition) is 1. The Morgan fingerprint density at radius 2 is 2.35 bits per heavy atom. The van der Waals surface area contributed by atoms with Gasteiger partial charge in [-0.05, 0) is 6.92 Å². The largest absolute Gasteiger partial charge is 0.474 e. The Morgan fingerprint density at radius 1 is 1.53 bits per heavy atom. The van der Waals surface area contributed by atoms with E-state index in [4.69, 9.17) is 5.11 Å². The molecule has 3 heterocycles. The lowest BCUT2D eigenvalue weighted by Gasteiger charge is -1.90. The van der Waals surface area contributed by atoms with Crippen molar-refractivity contribution in [2.24, 2.45) is 0 Å². The Kier molecular flexibility index (Phi) is 1.99. The molecule has 0 fully saturated rings. The maximum Gasteiger partial charge on any atom is 0.394 e. The topological polar surface area (TPSA) is 93.5 Å². The number of nitrogens with zero attached hydrogens (tertiary/aromatic N) is 4. The first-order valence-electron chi connectivity index (χ1n) is 4.66. The van der Waals surface area contributed by atoms with Crippen molar-refractivity contribution in [3.8, 4) is 11.5 Å². The van der Waals surface area contributed by atoms with Gasteiger partial charge >= 0.3 is 11.9 Å². The highest BCUT2D eigenvalue weighted by Crippen LogP contribution is 2.23. The van der Waals surface area contributed by atoms with E-state index >= 15 is 0 Å². The number of hydrogen-bond acceptors (Lipinski definition) is 6. The first-order valence-corrected chi connectivity index (χ1v) is 5.54. The lowest BCUT2D eigenvalue weighted by molar-refractivity contribution is 0.0643. The smallest absolute Gasteiger partial charge is 0.394 e. The van der Waals surface area contributed by atoms with Crippen LogP contribution >= 0.6 is 11.3 Å². The Balaban J connectivity index is 2.16. The van der Waals surface area contributed by atoms with Gasteiger partial charge in [0.1, 0.15) is 5.69 Å². The van der Waals surface area contributed by atoms with Gasteiger partial charge in [0.2, 0.25) is 5.82 Å². The zero-order valence-electron chi connectivity index (χ0n) is 8.62. The normalized spacial score (nSPS) is 11.1. The van der Waals surface area contributed by atoms with Crippen LogP contribution in [0.5, 0.6) is 0 Å². The summed E-state index contributed by atoms with van der Waals surface area (Å²) >= 11 is 1.48. The van der Waals surface area contributed by atoms with Gasteiger partial charge in [0.25, 0.3) is 0 Å². The maximum absolute atomic E-state index is 10.6. The van der Waals surface area contributed by atoms with Gasteiger partial charge in [-0.15, -0.1) is 11.3 Å². The fourth-order valence-electron chi connectivity index (χ4n) is 1.52. The van der Waals surface area contributed by atoms with Crippen LogP contribution in [-0.2, 0) is 0 Å². The van der Waals surface area contributed by atoms with Crippen molar-refractivity contribution in [3.63, 3.8) is 0 Å². The molecule has 7 nitrogen and oxygen atoms in total. The monoisotopic (exact) mass is 250 g/mol. The molecule has 0 atom stereocenters. The summed E-state index contributed by atoms with van der Waals surface area (Å²) in [5, 5.41) is 14.2. The molecule has 0 unspecified atom stereocenters. The Hall–Kier alpha value is -2.22. The van der Waals surface area contributed by atoms with Crippen molar-refractivity contribution in [1.29, 1.82) is 0 Å². The number of fused-ring (bicyclic) bond motifs is 1. The van der Waals surface area contributed by atoms with Crippen LogP contribution in [0, 0.1) is 6.92 Å². The summed E-state index contributed by atoms with van der Waals surface area (Å²) in [6, 6.07) is 0. The second-order valence-electron chi connectivity index (χ2n) is 3.33. The fraction of sp³-hybridized carbons (Fsp3) is 0.111. The highest BCUT2D eigenvalue weighted by atomic mass is 32.1. The van der Waals surface area contributed by atoms with Crippen molar-refractivity contribution in [2.75, 3.05) is 0 Å². The number of aromatic nitrogens is 4. The van der Waals surface area contributed by atoms with E-state index < -0.39 is 11.9 Å². The van der Waals surface area contributed by atoms with E-state index in [0.717, 1.165) is 10.7 Å². The molecule has 3 rings (SSSR count). The first kappa shape index (κ1) is 9.97. The van der Waals surface area contributed by atoms with E-state index in [1.54, 1.807) is 0 Å². The molecule has 0 saturated heterocycles. The number of carboxylic acid groups (broad SMARTS) is 1. The summed E-state index contributed by atoms with van der Waals surface area (Å²) in [6.07, 6.45) is 1.88. The van der Waals surface area contributed by atoms with E-state index in [9.17, 15) is 4.79 Å². The summed E-state index contributed by atoms with van der Waals surface area (Å²) in [4.78, 5) is 19.5. The lowest BCUT2D eigenvalue weighted by Crippen LogP contribution is -1.95. The molecule has 0 bridgehead atoms. The Labute approximate surface area is 98.3 Å². The van der Waals surface area contributed by atoms with E-state index in [0.29, 0.717) is 5.69 Å². The molecule has 0 aliphatic heterocycles. The molecule has 0 aliphatic carbocycles. The van der Waals surface area contributed by atoms with Crippen LogP contribution < -0.4 is 0 Å². The number of rotatable bonds is 2. The highest BCUT2D eigenvalue weighted by Gasteiger charge is 2.19. The molecular formula is C9H6N4O3S. The third-order valence-electron chi connectivity index (χ3n) is 2.32. The van der Waals surface area contributed by atoms with Crippen LogP contribution in [0.4, 0.5) is 0 Å². The molecule has 0 amide bonds. The maximum atomic E-state index is 10.6. The van der Waals surface area contributed by atoms with Crippen LogP contribution in [0.25, 0.3) is 16.5 Å². The van der Waals surface area contributed by atoms with Gasteiger partial charge in [-0.1, -0.05) is 5.16 Å². The lowest BCUT2D eigenvalue weighted by atomic mass is 10.3. The first-order chi connectivity index (χ1) is 8.16. The average molecular weight is 250 g/mol. The van der Waals surface area contributed by atoms with E-state index in [1.807, 2.05) is 22.9 Å². The second kappa shape index (κ2) is 3.39. The molecule has 0 saturated carbocycles. The minimum Gasteiger partial charge on any atom is -0.474 e. The van der Waals surface area contributed by atoms with Crippen LogP contribution in [0.1, 0.15) is 16.4 Å². The standard InChI is InChI=1S/C9H6N4O3S/c1-4-5(10-9-13(4)2-3-17-9)6-11-7(8(14)15)16-12-6/h2-3H,1H3,(H,14,15). The van der Waals surface area contributed by atoms with Gasteiger partial charge in [0.15, 0.2) is 4.96 Å². The summed E-state index contributed by atoms with van der Waals surface area (Å²) in [6.45, 7) is 1.86. The summed E-state index contributed by atoms with van der Waals surface area (Å²) < 4.78 is 6.49. The second-order valence-corrected chi connectivity index (χ2v) is 4.20. The third kappa shape index (κ3) is 1.41. The van der Waals surface area contributed by atoms with E-state index in [2.05, 4.69) is 19.6 Å². The Bertz CT molecular complexity index is 711. The van der Waals surface area contributed by atoms with Gasteiger partial charge in [-0.25, -0.2) is 9.78 Å². The number of imidazole rings is 1. The SMILES string of the molecule is Cc1c(-c2noc(C(=O)O)n2)nc2sccn12. The van der Waals surface area contributed by atoms with Crippen LogP contribution in [-0.4, -0.2) is 30.6 Å². The predicted molar refractivity (Wildman–Crippen MR) is 58.1 cm³/mol. The minimum absolute atomic E-state index is 0.191. The predicted octanol–water partition coefficient (Wildman–Crippen LogP) is 1.45. The van der Waals surface area contributed by atoms with Crippen molar-refractivity contribution in [2.45, 2.75) is 6.92 Å². The van der Waals surface area contributed by atoms with Gasteiger partial charge in [0.05, 0.1) is 5.69 Å². The van der Waals surface area contributed by atoms with Gasteiger partial charge in [0, 0.05) is 11.6 Å². The molecule has 0 radical (unpaired) electrons. The summed E-state index contributed by atoms with van der Waals surface area (Å²) in [5.74, 6) is -1.49. The van der Waals surface area contributed by atoms with Crippen molar-refractivity contribution in [3.05, 3.63) is 23.2 Å². The molecule has 3 aromatic rings. The quantitative estimate of drug-likeness (QED) is 0.739. The molecule has 0 aromatic carbocycles. The molecule has 0 spiro atoms. The molecular weight excluding hydrogens is 244 g/mol. The summed E-state index contributed by atoms with van der Waals surface area (Å²) in [5.41, 5.74) is 1.38. The molecule has 0 aliphatic rings. The molecule has 1 N–H and O–H groups in total. The minimum atomic E-state index is -1.25. The Morgan fingerprint density at radius 3 is 3.00 bits per heavy atom. The van der Waals surface area contributed by atoms with Crippen molar-refractivity contribution >= 4 is 22.3 Å². The highest BCUT2D eigenvalue weighted by molar-refractivity contribution is 7.15. The van der Waals surface area contributed by atoms with E-state index in [-0.39, 0.29) is 5.82 Å². The number of thiazole rings is 1. The van der Waals surface area contributed by atoms with Gasteiger partial charge in [-0.3, -0.25) is 4.40 Å². The molecule has 17 heavy (non-hydrogen) atoms. The number of aryl methyl sites for hydroxylation is 1. The molecule has 3 aromatic heterocycles. The van der Waals surface area contributed by atoms with Crippen molar-refractivity contribution in [1.82, 2.24) is 19.5 Å². The zero-order valence-corrected chi connectivity index (χ0v) is 9.43. The zero-order chi connectivity index (χ0) is 12.0. The number of carboxylic acids is 1. The molecule has 86 valence electrons. The number of aromatic carboxylic acids is 1. The van der Waals surface area contributed by atoms with Gasteiger partial charge in [-0.2, -0.15) is 4.98 Å². The molecule has 8 heteroatoms. The van der Waals surface area contributed by atoms with Crippen molar-refractivity contribution < 1.29 is 14.4 Å². The van der Waals surface area contributed by atoms with Gasteiger partial charge < -0.3 is 9.63 Å². The average Bonchev–Trinajstić information content (AvgIpc) is 2.95.